The molecule has 19 heavy (non-hydrogen) atoms. The number of nitrogens with one attached hydrogen (secondary N) is 1. The Hall–Kier alpha value is -1.62. The Balaban J connectivity index is 2.93. The van der Waals surface area contributed by atoms with Gasteiger partial charge < -0.3 is 15.3 Å². The van der Waals surface area contributed by atoms with Gasteiger partial charge in [0, 0.05) is 18.7 Å². The van der Waals surface area contributed by atoms with Crippen LogP contribution in [0.15, 0.2) is 18.2 Å². The Morgan fingerprint density at radius 1 is 1.42 bits per heavy atom. The van der Waals surface area contributed by atoms with E-state index in [2.05, 4.69) is 5.32 Å². The van der Waals surface area contributed by atoms with Crippen LogP contribution in [0.1, 0.15) is 32.4 Å². The summed E-state index contributed by atoms with van der Waals surface area (Å²) in [6.45, 7) is 5.34. The molecule has 2 N–H and O–H groups in total. The number of anilines is 1. The minimum atomic E-state index is -0.790. The van der Waals surface area contributed by atoms with Crippen LogP contribution in [0.25, 0.3) is 0 Å². The molecule has 0 fully saturated rings. The van der Waals surface area contributed by atoms with E-state index < -0.39 is 11.9 Å². The van der Waals surface area contributed by atoms with Gasteiger partial charge in [0.1, 0.15) is 5.82 Å². The van der Waals surface area contributed by atoms with Gasteiger partial charge in [0.15, 0.2) is 0 Å². The van der Waals surface area contributed by atoms with Crippen LogP contribution >= 0.6 is 0 Å². The highest BCUT2D eigenvalue weighted by molar-refractivity contribution is 5.81. The molecule has 0 saturated carbocycles. The van der Waals surface area contributed by atoms with Gasteiger partial charge in [-0.2, -0.15) is 0 Å². The predicted molar refractivity (Wildman–Crippen MR) is 73.6 cm³/mol. The van der Waals surface area contributed by atoms with E-state index in [-0.39, 0.29) is 24.2 Å². The number of hydrogen-bond donors (Lipinski definition) is 2. The molecule has 1 aromatic rings. The first-order valence-corrected chi connectivity index (χ1v) is 6.30. The zero-order chi connectivity index (χ0) is 14.6. The van der Waals surface area contributed by atoms with Crippen molar-refractivity contribution in [3.63, 3.8) is 0 Å². The largest absolute Gasteiger partial charge is 0.389 e. The molecule has 0 unspecified atom stereocenters. The van der Waals surface area contributed by atoms with Crippen molar-refractivity contribution >= 4 is 11.6 Å². The Morgan fingerprint density at radius 2 is 2.05 bits per heavy atom. The van der Waals surface area contributed by atoms with E-state index in [0.29, 0.717) is 5.56 Å². The van der Waals surface area contributed by atoms with E-state index in [4.69, 9.17) is 0 Å². The number of halogens is 1. The summed E-state index contributed by atoms with van der Waals surface area (Å²) in [7, 11) is 1.63. The Labute approximate surface area is 113 Å². The van der Waals surface area contributed by atoms with Crippen molar-refractivity contribution in [1.82, 2.24) is 5.32 Å². The van der Waals surface area contributed by atoms with E-state index >= 15 is 0 Å². The highest BCUT2D eigenvalue weighted by Gasteiger charge is 2.18. The molecule has 0 radical (unpaired) electrons. The highest BCUT2D eigenvalue weighted by atomic mass is 19.1. The summed E-state index contributed by atoms with van der Waals surface area (Å²) in [5.41, 5.74) is 0.733. The molecular weight excluding hydrogens is 247 g/mol. The van der Waals surface area contributed by atoms with Crippen molar-refractivity contribution in [1.29, 1.82) is 0 Å². The number of carbonyl (C=O) groups is 1. The molecule has 1 aromatic carbocycles. The van der Waals surface area contributed by atoms with Gasteiger partial charge in [0.25, 0.3) is 0 Å². The lowest BCUT2D eigenvalue weighted by atomic mass is 10.1. The maximum Gasteiger partial charge on any atom is 0.239 e. The topological polar surface area (TPSA) is 52.6 Å². The first-order valence-electron chi connectivity index (χ1n) is 6.30. The Bertz CT molecular complexity index is 447. The van der Waals surface area contributed by atoms with Crippen LogP contribution in [0.2, 0.25) is 0 Å². The molecule has 0 saturated heterocycles. The average Bonchev–Trinajstić information content (AvgIpc) is 2.26. The fraction of sp³-hybridized carbons (Fsp3) is 0.500. The van der Waals surface area contributed by atoms with E-state index in [0.717, 1.165) is 0 Å². The Morgan fingerprint density at radius 3 is 2.58 bits per heavy atom. The summed E-state index contributed by atoms with van der Waals surface area (Å²) < 4.78 is 13.9. The zero-order valence-corrected chi connectivity index (χ0v) is 11.8. The number of likely N-dealkylation sites (N-methyl/N-ethyl adjacent to an activating group) is 1. The lowest BCUT2D eigenvalue weighted by Crippen LogP contribution is -2.39. The third-order valence-corrected chi connectivity index (χ3v) is 2.68. The number of para-hydroxylation sites is 1. The maximum atomic E-state index is 13.9. The standard InChI is InChI=1S/C14H21FN2O2/c1-9(2)16-13(19)8-17(4)14-11(10(3)18)6-5-7-12(14)15/h5-7,9-10,18H,8H2,1-4H3,(H,16,19)/t10-/m0/s1. The summed E-state index contributed by atoms with van der Waals surface area (Å²) >= 11 is 0. The summed E-state index contributed by atoms with van der Waals surface area (Å²) in [4.78, 5) is 13.2. The molecule has 0 bridgehead atoms. The van der Waals surface area contributed by atoms with Gasteiger partial charge in [-0.25, -0.2) is 4.39 Å². The fourth-order valence-electron chi connectivity index (χ4n) is 1.93. The minimum Gasteiger partial charge on any atom is -0.389 e. The van der Waals surface area contributed by atoms with Gasteiger partial charge in [0.2, 0.25) is 5.91 Å². The molecule has 0 spiro atoms. The third-order valence-electron chi connectivity index (χ3n) is 2.68. The molecule has 5 heteroatoms. The van der Waals surface area contributed by atoms with Crippen LogP contribution in [0.3, 0.4) is 0 Å². The van der Waals surface area contributed by atoms with Crippen molar-refractivity contribution in [3.05, 3.63) is 29.6 Å². The van der Waals surface area contributed by atoms with Crippen LogP contribution in [-0.2, 0) is 4.79 Å². The number of carbonyl (C=O) groups excluding carboxylic acids is 1. The number of aliphatic hydroxyl groups is 1. The van der Waals surface area contributed by atoms with E-state index in [1.807, 2.05) is 13.8 Å². The second-order valence-corrected chi connectivity index (χ2v) is 4.93. The van der Waals surface area contributed by atoms with Gasteiger partial charge in [-0.1, -0.05) is 12.1 Å². The molecule has 106 valence electrons. The van der Waals surface area contributed by atoms with Crippen LogP contribution in [-0.4, -0.2) is 30.6 Å². The number of amides is 1. The zero-order valence-electron chi connectivity index (χ0n) is 11.8. The molecule has 1 atom stereocenters. The van der Waals surface area contributed by atoms with Crippen molar-refractivity contribution in [3.8, 4) is 0 Å². The van der Waals surface area contributed by atoms with Gasteiger partial charge in [-0.05, 0) is 26.8 Å². The normalized spacial score (nSPS) is 12.4. The summed E-state index contributed by atoms with van der Waals surface area (Å²) in [5, 5.41) is 12.4. The van der Waals surface area contributed by atoms with Crippen LogP contribution in [0.4, 0.5) is 10.1 Å². The maximum absolute atomic E-state index is 13.9. The Kier molecular flexibility index (Phi) is 5.30. The van der Waals surface area contributed by atoms with Crippen LogP contribution < -0.4 is 10.2 Å². The number of hydrogen-bond acceptors (Lipinski definition) is 3. The average molecular weight is 268 g/mol. The SMILES string of the molecule is CC(C)NC(=O)CN(C)c1c(F)cccc1[C@H](C)O. The third kappa shape index (κ3) is 4.21. The van der Waals surface area contributed by atoms with E-state index in [1.54, 1.807) is 26.1 Å². The van der Waals surface area contributed by atoms with Gasteiger partial charge in [-0.3, -0.25) is 4.79 Å². The van der Waals surface area contributed by atoms with Gasteiger partial charge in [0.05, 0.1) is 18.3 Å². The summed E-state index contributed by atoms with van der Waals surface area (Å²) in [6.07, 6.45) is -0.790. The molecule has 0 aliphatic carbocycles. The second kappa shape index (κ2) is 6.52. The molecule has 0 aliphatic heterocycles. The molecule has 4 nitrogen and oxygen atoms in total. The lowest BCUT2D eigenvalue weighted by Gasteiger charge is -2.24. The van der Waals surface area contributed by atoms with Crippen LogP contribution in [0, 0.1) is 5.82 Å². The smallest absolute Gasteiger partial charge is 0.239 e. The summed E-state index contributed by atoms with van der Waals surface area (Å²) in [5.74, 6) is -0.629. The number of aliphatic hydroxyl groups excluding tert-OH is 1. The second-order valence-electron chi connectivity index (χ2n) is 4.93. The number of benzene rings is 1. The van der Waals surface area contributed by atoms with Crippen molar-refractivity contribution < 1.29 is 14.3 Å². The molecule has 0 aromatic heterocycles. The molecule has 0 aliphatic rings. The van der Waals surface area contributed by atoms with E-state index in [1.165, 1.54) is 11.0 Å². The first-order chi connectivity index (χ1) is 8.82. The fourth-order valence-corrected chi connectivity index (χ4v) is 1.93. The number of nitrogens with zero attached hydrogens (tertiary/aromatic N) is 1. The minimum absolute atomic E-state index is 0.0396. The highest BCUT2D eigenvalue weighted by Crippen LogP contribution is 2.28. The quantitative estimate of drug-likeness (QED) is 0.856. The number of rotatable bonds is 5. The monoisotopic (exact) mass is 268 g/mol. The predicted octanol–water partition coefficient (Wildman–Crippen LogP) is 1.84. The van der Waals surface area contributed by atoms with Crippen molar-refractivity contribution in [2.24, 2.45) is 0 Å². The van der Waals surface area contributed by atoms with Crippen molar-refractivity contribution in [2.45, 2.75) is 32.9 Å². The first kappa shape index (κ1) is 15.4. The van der Waals surface area contributed by atoms with Crippen LogP contribution in [0.5, 0.6) is 0 Å². The lowest BCUT2D eigenvalue weighted by molar-refractivity contribution is -0.120. The van der Waals surface area contributed by atoms with E-state index in [9.17, 15) is 14.3 Å². The molecule has 0 heterocycles. The molecule has 1 rings (SSSR count). The molecule has 1 amide bonds. The van der Waals surface area contributed by atoms with Gasteiger partial charge >= 0.3 is 0 Å². The summed E-state index contributed by atoms with van der Waals surface area (Å²) in [6, 6.07) is 4.55. The van der Waals surface area contributed by atoms with Crippen molar-refractivity contribution in [2.75, 3.05) is 18.5 Å². The molecular formula is C14H21FN2O2. The van der Waals surface area contributed by atoms with Gasteiger partial charge in [-0.15, -0.1) is 0 Å².